The molecule has 2 saturated carbocycles. The molecular formula is C16H23N3O2. The van der Waals surface area contributed by atoms with E-state index in [4.69, 9.17) is 4.42 Å². The third-order valence-corrected chi connectivity index (χ3v) is 5.03. The van der Waals surface area contributed by atoms with Gasteiger partial charge >= 0.3 is 0 Å². The Morgan fingerprint density at radius 2 is 2.29 bits per heavy atom. The highest BCUT2D eigenvalue weighted by molar-refractivity contribution is 5.85. The summed E-state index contributed by atoms with van der Waals surface area (Å²) in [6.07, 6.45) is 6.42. The molecule has 0 aliphatic heterocycles. The van der Waals surface area contributed by atoms with E-state index in [1.165, 1.54) is 25.7 Å². The van der Waals surface area contributed by atoms with Gasteiger partial charge in [0.05, 0.1) is 6.21 Å². The lowest BCUT2D eigenvalue weighted by atomic mass is 9.90. The molecule has 0 bridgehead atoms. The molecule has 1 aromatic heterocycles. The van der Waals surface area contributed by atoms with Gasteiger partial charge in [0.2, 0.25) is 5.91 Å². The van der Waals surface area contributed by atoms with E-state index in [1.807, 2.05) is 31.1 Å². The summed E-state index contributed by atoms with van der Waals surface area (Å²) in [5.74, 6) is 2.17. The van der Waals surface area contributed by atoms with E-state index in [0.717, 1.165) is 5.88 Å². The van der Waals surface area contributed by atoms with Gasteiger partial charge in [0, 0.05) is 26.1 Å². The number of rotatable bonds is 4. The van der Waals surface area contributed by atoms with Crippen LogP contribution < -0.4 is 10.3 Å². The molecule has 0 radical (unpaired) electrons. The molecule has 1 amide bonds. The summed E-state index contributed by atoms with van der Waals surface area (Å²) in [5, 5.41) is 4.03. The van der Waals surface area contributed by atoms with E-state index in [1.54, 1.807) is 6.21 Å². The van der Waals surface area contributed by atoms with Gasteiger partial charge in [-0.25, -0.2) is 5.43 Å². The topological polar surface area (TPSA) is 57.8 Å². The first kappa shape index (κ1) is 14.2. The predicted octanol–water partition coefficient (Wildman–Crippen LogP) is 2.62. The van der Waals surface area contributed by atoms with Crippen LogP contribution in [0.2, 0.25) is 0 Å². The van der Waals surface area contributed by atoms with Gasteiger partial charge in [0.1, 0.15) is 5.76 Å². The average Bonchev–Trinajstić information content (AvgIpc) is 2.80. The second kappa shape index (κ2) is 5.20. The number of nitrogens with one attached hydrogen (secondary N) is 1. The maximum absolute atomic E-state index is 12.2. The Morgan fingerprint density at radius 1 is 1.48 bits per heavy atom. The van der Waals surface area contributed by atoms with Crippen molar-refractivity contribution in [2.45, 2.75) is 32.6 Å². The molecule has 5 nitrogen and oxygen atoms in total. The Labute approximate surface area is 125 Å². The Balaban J connectivity index is 1.55. The number of nitrogens with zero attached hydrogens (tertiary/aromatic N) is 2. The number of carbonyl (C=O) groups excluding carboxylic acids is 1. The van der Waals surface area contributed by atoms with Crippen LogP contribution in [0.5, 0.6) is 0 Å². The van der Waals surface area contributed by atoms with Crippen molar-refractivity contribution in [1.82, 2.24) is 5.43 Å². The Bertz CT molecular complexity index is 564. The van der Waals surface area contributed by atoms with E-state index in [9.17, 15) is 4.79 Å². The number of furan rings is 1. The standard InChI is InChI=1S/C16H23N3O2/c1-16-9-5-4-6-12(16)14(16)15(20)18-17-10-11-7-8-13(21-11)19(2)3/h7-8,10,12,14H,4-6,9H2,1-3H3,(H,18,20)/b17-10-/t12-,14+,16+/m0/s1. The predicted molar refractivity (Wildman–Crippen MR) is 82.3 cm³/mol. The molecule has 21 heavy (non-hydrogen) atoms. The summed E-state index contributed by atoms with van der Waals surface area (Å²) in [5.41, 5.74) is 2.89. The molecule has 2 aliphatic rings. The third-order valence-electron chi connectivity index (χ3n) is 5.03. The van der Waals surface area contributed by atoms with Crippen molar-refractivity contribution >= 4 is 18.0 Å². The van der Waals surface area contributed by atoms with Crippen molar-refractivity contribution in [2.75, 3.05) is 19.0 Å². The largest absolute Gasteiger partial charge is 0.440 e. The second-order valence-electron chi connectivity index (χ2n) is 6.64. The zero-order chi connectivity index (χ0) is 15.0. The van der Waals surface area contributed by atoms with Crippen molar-refractivity contribution in [3.8, 4) is 0 Å². The van der Waals surface area contributed by atoms with E-state index in [2.05, 4.69) is 17.5 Å². The first-order valence-corrected chi connectivity index (χ1v) is 7.62. The highest BCUT2D eigenvalue weighted by Crippen LogP contribution is 2.66. The Hall–Kier alpha value is -1.78. The molecule has 1 heterocycles. The van der Waals surface area contributed by atoms with Crippen LogP contribution in [0.15, 0.2) is 21.7 Å². The molecule has 0 spiro atoms. The SMILES string of the molecule is CN(C)c1ccc(/C=N\NC(=O)[C@H]2[C@@H]3CCCC[C@]32C)o1. The quantitative estimate of drug-likeness (QED) is 0.684. The lowest BCUT2D eigenvalue weighted by molar-refractivity contribution is -0.123. The minimum Gasteiger partial charge on any atom is -0.440 e. The van der Waals surface area contributed by atoms with Gasteiger partial charge in [0.25, 0.3) is 0 Å². The van der Waals surface area contributed by atoms with Crippen molar-refractivity contribution in [2.24, 2.45) is 22.4 Å². The first-order valence-electron chi connectivity index (χ1n) is 7.62. The highest BCUT2D eigenvalue weighted by atomic mass is 16.4. The maximum Gasteiger partial charge on any atom is 0.244 e. The Kier molecular flexibility index (Phi) is 3.51. The second-order valence-corrected chi connectivity index (χ2v) is 6.64. The lowest BCUT2D eigenvalue weighted by Crippen LogP contribution is -2.22. The molecule has 5 heteroatoms. The molecule has 3 atom stereocenters. The molecule has 2 fully saturated rings. The average molecular weight is 289 g/mol. The Morgan fingerprint density at radius 3 is 2.90 bits per heavy atom. The zero-order valence-electron chi connectivity index (χ0n) is 12.9. The number of carbonyl (C=O) groups is 1. The van der Waals surface area contributed by atoms with Crippen LogP contribution in [-0.2, 0) is 4.79 Å². The van der Waals surface area contributed by atoms with Crippen molar-refractivity contribution < 1.29 is 9.21 Å². The summed E-state index contributed by atoms with van der Waals surface area (Å²) < 4.78 is 5.54. The number of hydrogen-bond donors (Lipinski definition) is 1. The van der Waals surface area contributed by atoms with Crippen LogP contribution in [0.25, 0.3) is 0 Å². The molecular weight excluding hydrogens is 266 g/mol. The van der Waals surface area contributed by atoms with Crippen molar-refractivity contribution in [3.63, 3.8) is 0 Å². The normalized spacial score (nSPS) is 31.0. The molecule has 0 saturated heterocycles. The van der Waals surface area contributed by atoms with E-state index in [0.29, 0.717) is 11.7 Å². The van der Waals surface area contributed by atoms with Gasteiger partial charge in [-0.1, -0.05) is 19.8 Å². The summed E-state index contributed by atoms with van der Waals surface area (Å²) in [6.45, 7) is 2.24. The number of anilines is 1. The highest BCUT2D eigenvalue weighted by Gasteiger charge is 2.64. The van der Waals surface area contributed by atoms with Gasteiger partial charge in [-0.3, -0.25) is 4.79 Å². The fourth-order valence-corrected chi connectivity index (χ4v) is 3.73. The number of hydrogen-bond acceptors (Lipinski definition) is 4. The number of fused-ring (bicyclic) bond motifs is 1. The molecule has 114 valence electrons. The smallest absolute Gasteiger partial charge is 0.244 e. The number of amides is 1. The van der Waals surface area contributed by atoms with E-state index >= 15 is 0 Å². The van der Waals surface area contributed by atoms with E-state index < -0.39 is 0 Å². The van der Waals surface area contributed by atoms with Crippen LogP contribution >= 0.6 is 0 Å². The molecule has 0 aromatic carbocycles. The van der Waals surface area contributed by atoms with Crippen LogP contribution in [0.3, 0.4) is 0 Å². The van der Waals surface area contributed by atoms with Crippen LogP contribution in [-0.4, -0.2) is 26.2 Å². The summed E-state index contributed by atoms with van der Waals surface area (Å²) in [6, 6.07) is 3.71. The zero-order valence-corrected chi connectivity index (χ0v) is 12.9. The minimum atomic E-state index is 0.0556. The third kappa shape index (κ3) is 2.57. The first-order chi connectivity index (χ1) is 10.0. The van der Waals surface area contributed by atoms with Crippen molar-refractivity contribution in [1.29, 1.82) is 0 Å². The molecule has 1 N–H and O–H groups in total. The molecule has 1 aromatic rings. The van der Waals surface area contributed by atoms with Crippen LogP contribution in [0.4, 0.5) is 5.88 Å². The van der Waals surface area contributed by atoms with Crippen LogP contribution in [0.1, 0.15) is 38.4 Å². The van der Waals surface area contributed by atoms with Crippen molar-refractivity contribution in [3.05, 3.63) is 17.9 Å². The molecule has 2 aliphatic carbocycles. The summed E-state index contributed by atoms with van der Waals surface area (Å²) in [4.78, 5) is 14.1. The van der Waals surface area contributed by atoms with Gasteiger partial charge in [0.15, 0.2) is 5.88 Å². The number of hydrazone groups is 1. The minimum absolute atomic E-state index is 0.0556. The lowest BCUT2D eigenvalue weighted by Gasteiger charge is -2.15. The van der Waals surface area contributed by atoms with Gasteiger partial charge in [-0.15, -0.1) is 0 Å². The van der Waals surface area contributed by atoms with E-state index in [-0.39, 0.29) is 17.2 Å². The monoisotopic (exact) mass is 289 g/mol. The fourth-order valence-electron chi connectivity index (χ4n) is 3.73. The van der Waals surface area contributed by atoms with Crippen LogP contribution in [0, 0.1) is 17.3 Å². The van der Waals surface area contributed by atoms with Gasteiger partial charge < -0.3 is 9.32 Å². The fraction of sp³-hybridized carbons (Fsp3) is 0.625. The summed E-state index contributed by atoms with van der Waals surface area (Å²) >= 11 is 0. The van der Waals surface area contributed by atoms with Gasteiger partial charge in [-0.2, -0.15) is 5.10 Å². The molecule has 3 rings (SSSR count). The van der Waals surface area contributed by atoms with Gasteiger partial charge in [-0.05, 0) is 30.2 Å². The summed E-state index contributed by atoms with van der Waals surface area (Å²) in [7, 11) is 3.83. The molecule has 0 unspecified atom stereocenters. The maximum atomic E-state index is 12.2.